The Balaban J connectivity index is 2.47. The Morgan fingerprint density at radius 1 is 1.45 bits per heavy atom. The molecule has 0 bridgehead atoms. The van der Waals surface area contributed by atoms with Gasteiger partial charge >= 0.3 is 12.0 Å². The third-order valence-electron chi connectivity index (χ3n) is 3.83. The van der Waals surface area contributed by atoms with Crippen molar-refractivity contribution in [3.8, 4) is 0 Å². The van der Waals surface area contributed by atoms with Crippen molar-refractivity contribution >= 4 is 23.8 Å². The minimum absolute atomic E-state index is 0.0150. The van der Waals surface area contributed by atoms with E-state index in [0.29, 0.717) is 12.5 Å². The fraction of sp³-hybridized carbons (Fsp3) is 0.857. The molecule has 0 aromatic carbocycles. The monoisotopic (exact) mass is 302 g/mol. The molecule has 0 radical (unpaired) electrons. The first kappa shape index (κ1) is 17.1. The molecule has 1 heterocycles. The van der Waals surface area contributed by atoms with Crippen LogP contribution in [0.5, 0.6) is 0 Å². The zero-order valence-electron chi connectivity index (χ0n) is 12.6. The molecule has 0 saturated carbocycles. The van der Waals surface area contributed by atoms with Crippen molar-refractivity contribution in [2.24, 2.45) is 11.8 Å². The molecule has 2 N–H and O–H groups in total. The molecule has 3 unspecified atom stereocenters. The fourth-order valence-electron chi connectivity index (χ4n) is 2.69. The second-order valence-corrected chi connectivity index (χ2v) is 6.64. The van der Waals surface area contributed by atoms with Crippen molar-refractivity contribution < 1.29 is 14.7 Å². The van der Waals surface area contributed by atoms with Crippen LogP contribution in [0.4, 0.5) is 4.79 Å². The Kier molecular flexibility index (Phi) is 7.19. The predicted octanol–water partition coefficient (Wildman–Crippen LogP) is 2.27. The van der Waals surface area contributed by atoms with Gasteiger partial charge < -0.3 is 15.3 Å². The van der Waals surface area contributed by atoms with Gasteiger partial charge in [-0.3, -0.25) is 4.79 Å². The van der Waals surface area contributed by atoms with Crippen molar-refractivity contribution in [2.45, 2.75) is 39.2 Å². The van der Waals surface area contributed by atoms with Gasteiger partial charge in [-0.1, -0.05) is 6.92 Å². The maximum Gasteiger partial charge on any atom is 0.317 e. The summed E-state index contributed by atoms with van der Waals surface area (Å²) in [5.41, 5.74) is 0. The lowest BCUT2D eigenvalue weighted by atomic mass is 9.85. The van der Waals surface area contributed by atoms with E-state index in [1.54, 1.807) is 11.8 Å². The quantitative estimate of drug-likeness (QED) is 0.789. The SMILES string of the molecule is CSCC(C)NC(=O)N1CCCC(C(C)CC(=O)O)C1. The van der Waals surface area contributed by atoms with Crippen LogP contribution in [0, 0.1) is 11.8 Å². The van der Waals surface area contributed by atoms with Gasteiger partial charge in [-0.2, -0.15) is 11.8 Å². The number of hydrogen-bond donors (Lipinski definition) is 2. The Morgan fingerprint density at radius 3 is 2.75 bits per heavy atom. The second kappa shape index (κ2) is 8.39. The van der Waals surface area contributed by atoms with Gasteiger partial charge in [0, 0.05) is 31.3 Å². The van der Waals surface area contributed by atoms with E-state index in [2.05, 4.69) is 5.32 Å². The molecule has 0 aliphatic carbocycles. The minimum atomic E-state index is -0.757. The molecule has 1 aliphatic rings. The van der Waals surface area contributed by atoms with Gasteiger partial charge in [0.2, 0.25) is 0 Å². The van der Waals surface area contributed by atoms with E-state index in [9.17, 15) is 9.59 Å². The van der Waals surface area contributed by atoms with Gasteiger partial charge in [0.05, 0.1) is 0 Å². The molecule has 1 saturated heterocycles. The summed E-state index contributed by atoms with van der Waals surface area (Å²) in [6.45, 7) is 5.42. The zero-order valence-corrected chi connectivity index (χ0v) is 13.4. The number of nitrogens with zero attached hydrogens (tertiary/aromatic N) is 1. The molecule has 116 valence electrons. The number of nitrogens with one attached hydrogen (secondary N) is 1. The number of carbonyl (C=O) groups excluding carboxylic acids is 1. The highest BCUT2D eigenvalue weighted by Gasteiger charge is 2.28. The topological polar surface area (TPSA) is 69.6 Å². The lowest BCUT2D eigenvalue weighted by Crippen LogP contribution is -2.49. The Bertz CT molecular complexity index is 338. The highest BCUT2D eigenvalue weighted by atomic mass is 32.2. The van der Waals surface area contributed by atoms with Crippen LogP contribution >= 0.6 is 11.8 Å². The number of hydrogen-bond acceptors (Lipinski definition) is 3. The summed E-state index contributed by atoms with van der Waals surface area (Å²) in [6, 6.07) is 0.146. The highest BCUT2D eigenvalue weighted by Crippen LogP contribution is 2.26. The normalized spacial score (nSPS) is 22.1. The number of carboxylic acid groups (broad SMARTS) is 1. The van der Waals surface area contributed by atoms with E-state index in [1.807, 2.05) is 25.0 Å². The van der Waals surface area contributed by atoms with Crippen LogP contribution in [-0.4, -0.2) is 53.1 Å². The number of piperidine rings is 1. The van der Waals surface area contributed by atoms with Gasteiger partial charge in [-0.25, -0.2) is 4.79 Å². The summed E-state index contributed by atoms with van der Waals surface area (Å²) in [4.78, 5) is 24.8. The van der Waals surface area contributed by atoms with E-state index in [-0.39, 0.29) is 24.4 Å². The van der Waals surface area contributed by atoms with Crippen molar-refractivity contribution in [1.29, 1.82) is 0 Å². The molecule has 0 aromatic heterocycles. The first-order valence-corrected chi connectivity index (χ1v) is 8.59. The highest BCUT2D eigenvalue weighted by molar-refractivity contribution is 7.98. The summed E-state index contributed by atoms with van der Waals surface area (Å²) in [5.74, 6) is 0.555. The molecular weight excluding hydrogens is 276 g/mol. The Hall–Kier alpha value is -0.910. The number of aliphatic carboxylic acids is 1. The molecule has 5 nitrogen and oxygen atoms in total. The van der Waals surface area contributed by atoms with Crippen molar-refractivity contribution in [3.63, 3.8) is 0 Å². The number of thioether (sulfide) groups is 1. The number of rotatable bonds is 6. The second-order valence-electron chi connectivity index (χ2n) is 5.73. The van der Waals surface area contributed by atoms with E-state index < -0.39 is 5.97 Å². The molecule has 2 amide bonds. The third-order valence-corrected chi connectivity index (χ3v) is 4.67. The molecule has 0 aromatic rings. The number of carbonyl (C=O) groups is 2. The van der Waals surface area contributed by atoms with Gasteiger partial charge in [-0.05, 0) is 37.9 Å². The summed E-state index contributed by atoms with van der Waals surface area (Å²) in [6.07, 6.45) is 4.17. The molecule has 1 aliphatic heterocycles. The van der Waals surface area contributed by atoms with Crippen LogP contribution in [-0.2, 0) is 4.79 Å². The molecule has 1 fully saturated rings. The van der Waals surface area contributed by atoms with Crippen molar-refractivity contribution in [1.82, 2.24) is 10.2 Å². The largest absolute Gasteiger partial charge is 0.481 e. The van der Waals surface area contributed by atoms with E-state index in [4.69, 9.17) is 5.11 Å². The number of likely N-dealkylation sites (tertiary alicyclic amines) is 1. The van der Waals surface area contributed by atoms with Gasteiger partial charge in [0.25, 0.3) is 0 Å². The minimum Gasteiger partial charge on any atom is -0.481 e. The van der Waals surface area contributed by atoms with E-state index in [1.165, 1.54) is 0 Å². The van der Waals surface area contributed by atoms with Crippen molar-refractivity contribution in [2.75, 3.05) is 25.1 Å². The summed E-state index contributed by atoms with van der Waals surface area (Å²) < 4.78 is 0. The zero-order chi connectivity index (χ0) is 15.1. The Morgan fingerprint density at radius 2 is 2.15 bits per heavy atom. The number of amides is 2. The van der Waals surface area contributed by atoms with E-state index >= 15 is 0 Å². The maximum atomic E-state index is 12.2. The average Bonchev–Trinajstić information content (AvgIpc) is 2.38. The van der Waals surface area contributed by atoms with Crippen LogP contribution < -0.4 is 5.32 Å². The first-order valence-electron chi connectivity index (χ1n) is 7.20. The number of carboxylic acids is 1. The van der Waals surface area contributed by atoms with Gasteiger partial charge in [-0.15, -0.1) is 0 Å². The molecule has 0 spiro atoms. The van der Waals surface area contributed by atoms with E-state index in [0.717, 1.165) is 25.1 Å². The molecular formula is C14H26N2O3S. The predicted molar refractivity (Wildman–Crippen MR) is 82.1 cm³/mol. The van der Waals surface area contributed by atoms with Gasteiger partial charge in [0.1, 0.15) is 0 Å². The molecule has 1 rings (SSSR count). The van der Waals surface area contributed by atoms with Crippen LogP contribution in [0.25, 0.3) is 0 Å². The average molecular weight is 302 g/mol. The molecule has 6 heteroatoms. The fourth-order valence-corrected chi connectivity index (χ4v) is 3.28. The van der Waals surface area contributed by atoms with Crippen LogP contribution in [0.3, 0.4) is 0 Å². The summed E-state index contributed by atoms with van der Waals surface area (Å²) in [7, 11) is 0. The number of urea groups is 1. The lowest BCUT2D eigenvalue weighted by Gasteiger charge is -2.36. The lowest BCUT2D eigenvalue weighted by molar-refractivity contribution is -0.138. The van der Waals surface area contributed by atoms with Crippen LogP contribution in [0.15, 0.2) is 0 Å². The first-order chi connectivity index (χ1) is 9.43. The Labute approximate surface area is 125 Å². The summed E-state index contributed by atoms with van der Waals surface area (Å²) >= 11 is 1.71. The third kappa shape index (κ3) is 5.61. The van der Waals surface area contributed by atoms with Crippen LogP contribution in [0.1, 0.15) is 33.1 Å². The van der Waals surface area contributed by atoms with Crippen LogP contribution in [0.2, 0.25) is 0 Å². The van der Waals surface area contributed by atoms with Crippen molar-refractivity contribution in [3.05, 3.63) is 0 Å². The standard InChI is InChI=1S/C14H26N2O3S/c1-10(7-13(17)18)12-5-4-6-16(8-12)14(19)15-11(2)9-20-3/h10-12H,4-9H2,1-3H3,(H,15,19)(H,17,18). The summed E-state index contributed by atoms with van der Waals surface area (Å²) in [5, 5.41) is 11.9. The smallest absolute Gasteiger partial charge is 0.317 e. The maximum absolute atomic E-state index is 12.2. The molecule has 3 atom stereocenters. The van der Waals surface area contributed by atoms with Gasteiger partial charge in [0.15, 0.2) is 0 Å². The molecule has 20 heavy (non-hydrogen) atoms.